The highest BCUT2D eigenvalue weighted by Crippen LogP contribution is 2.26. The van der Waals surface area contributed by atoms with Crippen molar-refractivity contribution in [1.29, 1.82) is 0 Å². The molecule has 3 N–H and O–H groups in total. The van der Waals surface area contributed by atoms with Crippen molar-refractivity contribution < 1.29 is 23.4 Å². The number of benzene rings is 1. The maximum Gasteiger partial charge on any atom is 0.387 e. The van der Waals surface area contributed by atoms with E-state index in [1.165, 1.54) is 12.1 Å². The quantitative estimate of drug-likeness (QED) is 0.755. The first kappa shape index (κ1) is 19.6. The van der Waals surface area contributed by atoms with Crippen LogP contribution in [0, 0.1) is 19.8 Å². The first-order chi connectivity index (χ1) is 10.4. The summed E-state index contributed by atoms with van der Waals surface area (Å²) in [7, 11) is 0. The van der Waals surface area contributed by atoms with Gasteiger partial charge in [0.1, 0.15) is 5.75 Å². The molecule has 5 nitrogen and oxygen atoms in total. The minimum Gasteiger partial charge on any atom is -0.434 e. The number of carbonyl (C=O) groups excluding carboxylic acids is 1. The molecule has 2 atom stereocenters. The summed E-state index contributed by atoms with van der Waals surface area (Å²) in [4.78, 5) is 12.1. The van der Waals surface area contributed by atoms with Crippen molar-refractivity contribution in [3.8, 4) is 5.75 Å². The largest absolute Gasteiger partial charge is 0.434 e. The third-order valence-corrected chi connectivity index (χ3v) is 3.76. The SMILES string of the molecule is Cc1cc(C(=O)NCC2CNCC2O)cc(C)c1OC(F)F.Cl. The van der Waals surface area contributed by atoms with E-state index in [4.69, 9.17) is 0 Å². The van der Waals surface area contributed by atoms with Crippen LogP contribution in [-0.4, -0.2) is 43.4 Å². The lowest BCUT2D eigenvalue weighted by molar-refractivity contribution is -0.0507. The first-order valence-corrected chi connectivity index (χ1v) is 7.11. The van der Waals surface area contributed by atoms with Crippen LogP contribution in [0.1, 0.15) is 21.5 Å². The van der Waals surface area contributed by atoms with Gasteiger partial charge >= 0.3 is 6.61 Å². The van der Waals surface area contributed by atoms with Crippen LogP contribution in [0.3, 0.4) is 0 Å². The van der Waals surface area contributed by atoms with Gasteiger partial charge < -0.3 is 20.5 Å². The molecule has 1 aromatic rings. The number of β-amino-alcohol motifs (C(OH)–C–C–N with tert-alkyl or cyclic N) is 1. The molecule has 23 heavy (non-hydrogen) atoms. The Kier molecular flexibility index (Phi) is 7.18. The van der Waals surface area contributed by atoms with Crippen molar-refractivity contribution in [3.63, 3.8) is 0 Å². The molecule has 0 spiro atoms. The highest BCUT2D eigenvalue weighted by molar-refractivity contribution is 5.94. The van der Waals surface area contributed by atoms with Gasteiger partial charge in [-0.2, -0.15) is 8.78 Å². The van der Waals surface area contributed by atoms with E-state index in [1.807, 2.05) is 0 Å². The van der Waals surface area contributed by atoms with Gasteiger partial charge in [-0.3, -0.25) is 4.79 Å². The van der Waals surface area contributed by atoms with Crippen LogP contribution in [0.2, 0.25) is 0 Å². The number of carbonyl (C=O) groups is 1. The third-order valence-electron chi connectivity index (χ3n) is 3.76. The molecule has 2 unspecified atom stereocenters. The van der Waals surface area contributed by atoms with E-state index in [0.29, 0.717) is 36.3 Å². The van der Waals surface area contributed by atoms with E-state index >= 15 is 0 Å². The van der Waals surface area contributed by atoms with Crippen molar-refractivity contribution in [1.82, 2.24) is 10.6 Å². The Morgan fingerprint density at radius 3 is 2.48 bits per heavy atom. The van der Waals surface area contributed by atoms with E-state index < -0.39 is 12.7 Å². The second-order valence-electron chi connectivity index (χ2n) is 5.51. The number of aliphatic hydroxyl groups is 1. The molecular weight excluding hydrogens is 330 g/mol. The molecule has 0 saturated carbocycles. The summed E-state index contributed by atoms with van der Waals surface area (Å²) in [5, 5.41) is 15.5. The topological polar surface area (TPSA) is 70.6 Å². The molecule has 8 heteroatoms. The average molecular weight is 351 g/mol. The molecule has 2 rings (SSSR count). The minimum atomic E-state index is -2.89. The van der Waals surface area contributed by atoms with Crippen LogP contribution >= 0.6 is 12.4 Å². The molecule has 0 aliphatic carbocycles. The summed E-state index contributed by atoms with van der Waals surface area (Å²) >= 11 is 0. The summed E-state index contributed by atoms with van der Waals surface area (Å²) in [5.74, 6) is -0.219. The number of aliphatic hydroxyl groups excluding tert-OH is 1. The molecule has 1 aliphatic rings. The number of alkyl halides is 2. The van der Waals surface area contributed by atoms with Crippen LogP contribution in [0.25, 0.3) is 0 Å². The Hall–Kier alpha value is -1.44. The van der Waals surface area contributed by atoms with Crippen LogP contribution in [-0.2, 0) is 0 Å². The van der Waals surface area contributed by atoms with E-state index in [9.17, 15) is 18.7 Å². The Morgan fingerprint density at radius 1 is 1.39 bits per heavy atom. The number of nitrogens with one attached hydrogen (secondary N) is 2. The number of halogens is 3. The van der Waals surface area contributed by atoms with Crippen LogP contribution in [0.4, 0.5) is 8.78 Å². The fraction of sp³-hybridized carbons (Fsp3) is 0.533. The highest BCUT2D eigenvalue weighted by Gasteiger charge is 2.25. The molecular formula is C15H21ClF2N2O3. The lowest BCUT2D eigenvalue weighted by Gasteiger charge is -2.16. The van der Waals surface area contributed by atoms with Crippen LogP contribution in [0.5, 0.6) is 5.75 Å². The van der Waals surface area contributed by atoms with E-state index in [1.54, 1.807) is 13.8 Å². The summed E-state index contributed by atoms with van der Waals surface area (Å²) in [6, 6.07) is 3.03. The molecule has 0 radical (unpaired) electrons. The number of hydrogen-bond donors (Lipinski definition) is 3. The second-order valence-corrected chi connectivity index (χ2v) is 5.51. The van der Waals surface area contributed by atoms with Gasteiger partial charge in [-0.1, -0.05) is 0 Å². The number of ether oxygens (including phenoxy) is 1. The van der Waals surface area contributed by atoms with E-state index in [-0.39, 0.29) is 30.0 Å². The average Bonchev–Trinajstić information content (AvgIpc) is 2.85. The zero-order valence-corrected chi connectivity index (χ0v) is 13.8. The number of amides is 1. The molecule has 1 aliphatic heterocycles. The molecule has 1 fully saturated rings. The fourth-order valence-electron chi connectivity index (χ4n) is 2.61. The molecule has 130 valence electrons. The van der Waals surface area contributed by atoms with Gasteiger partial charge in [-0.05, 0) is 37.1 Å². The van der Waals surface area contributed by atoms with Crippen molar-refractivity contribution in [3.05, 3.63) is 28.8 Å². The molecule has 1 aromatic carbocycles. The predicted molar refractivity (Wildman–Crippen MR) is 84.5 cm³/mol. The standard InChI is InChI=1S/C15H20F2N2O3.ClH/c1-8-3-10(4-9(2)13(8)22-15(16)17)14(21)19-6-11-5-18-7-12(11)20;/h3-4,11-12,15,18,20H,5-7H2,1-2H3,(H,19,21);1H. The van der Waals surface area contributed by atoms with E-state index in [0.717, 1.165) is 0 Å². The summed E-state index contributed by atoms with van der Waals surface area (Å²) in [6.07, 6.45) is -0.467. The molecule has 1 heterocycles. The van der Waals surface area contributed by atoms with Gasteiger partial charge in [0.15, 0.2) is 0 Å². The Balaban J connectivity index is 0.00000264. The highest BCUT2D eigenvalue weighted by atomic mass is 35.5. The predicted octanol–water partition coefficient (Wildman–Crippen LogP) is 1.64. The minimum absolute atomic E-state index is 0. The van der Waals surface area contributed by atoms with Gasteiger partial charge in [0.25, 0.3) is 5.91 Å². The summed E-state index contributed by atoms with van der Waals surface area (Å²) in [6.45, 7) is 1.88. The Morgan fingerprint density at radius 2 is 2.00 bits per heavy atom. The van der Waals surface area contributed by atoms with Crippen LogP contribution < -0.4 is 15.4 Å². The Labute approximate surface area is 139 Å². The lowest BCUT2D eigenvalue weighted by atomic mass is 10.0. The zero-order chi connectivity index (χ0) is 16.3. The van der Waals surface area contributed by atoms with E-state index in [2.05, 4.69) is 15.4 Å². The number of hydrogen-bond acceptors (Lipinski definition) is 4. The number of aryl methyl sites for hydroxylation is 2. The fourth-order valence-corrected chi connectivity index (χ4v) is 2.61. The molecule has 0 bridgehead atoms. The smallest absolute Gasteiger partial charge is 0.387 e. The van der Waals surface area contributed by atoms with Crippen molar-refractivity contribution in [2.45, 2.75) is 26.6 Å². The second kappa shape index (κ2) is 8.42. The van der Waals surface area contributed by atoms with Gasteiger partial charge in [0.2, 0.25) is 0 Å². The lowest BCUT2D eigenvalue weighted by Crippen LogP contribution is -2.34. The van der Waals surface area contributed by atoms with Crippen molar-refractivity contribution in [2.24, 2.45) is 5.92 Å². The van der Waals surface area contributed by atoms with Crippen molar-refractivity contribution in [2.75, 3.05) is 19.6 Å². The molecule has 0 aromatic heterocycles. The monoisotopic (exact) mass is 350 g/mol. The maximum absolute atomic E-state index is 12.3. The summed E-state index contributed by atoms with van der Waals surface area (Å²) < 4.78 is 29.1. The zero-order valence-electron chi connectivity index (χ0n) is 12.9. The van der Waals surface area contributed by atoms with Crippen LogP contribution in [0.15, 0.2) is 12.1 Å². The van der Waals surface area contributed by atoms with Gasteiger partial charge in [0.05, 0.1) is 6.10 Å². The van der Waals surface area contributed by atoms with Gasteiger partial charge in [-0.15, -0.1) is 12.4 Å². The van der Waals surface area contributed by atoms with Crippen molar-refractivity contribution >= 4 is 18.3 Å². The third kappa shape index (κ3) is 5.02. The number of rotatable bonds is 5. The molecule has 1 amide bonds. The normalized spacial score (nSPS) is 20.3. The van der Waals surface area contributed by atoms with Gasteiger partial charge in [0, 0.05) is 31.1 Å². The first-order valence-electron chi connectivity index (χ1n) is 7.11. The maximum atomic E-state index is 12.3. The Bertz CT molecular complexity index is 535. The molecule has 1 saturated heterocycles. The summed E-state index contributed by atoms with van der Waals surface area (Å²) in [5.41, 5.74) is 1.35. The van der Waals surface area contributed by atoms with Gasteiger partial charge in [-0.25, -0.2) is 0 Å².